The molecule has 0 aromatic heterocycles. The summed E-state index contributed by atoms with van der Waals surface area (Å²) in [4.78, 5) is 21.5. The van der Waals surface area contributed by atoms with Crippen LogP contribution in [-0.4, -0.2) is 23.5 Å². The summed E-state index contributed by atoms with van der Waals surface area (Å²) in [6.45, 7) is 5.71. The van der Waals surface area contributed by atoms with E-state index < -0.39 is 11.9 Å². The number of aliphatic carboxylic acids is 1. The SMILES string of the molecule is CC(C)(CCNCc1ccc(C(N)=O)cc1)CCC(=O)O. The van der Waals surface area contributed by atoms with Crippen molar-refractivity contribution >= 4 is 11.9 Å². The highest BCUT2D eigenvalue weighted by Gasteiger charge is 2.18. The molecule has 5 heteroatoms. The van der Waals surface area contributed by atoms with Crippen LogP contribution in [-0.2, 0) is 11.3 Å². The van der Waals surface area contributed by atoms with Crippen LogP contribution in [0.5, 0.6) is 0 Å². The fraction of sp³-hybridized carbons (Fsp3) is 0.500. The molecule has 0 saturated carbocycles. The van der Waals surface area contributed by atoms with Crippen molar-refractivity contribution in [1.29, 1.82) is 0 Å². The first-order valence-electron chi connectivity index (χ1n) is 7.11. The highest BCUT2D eigenvalue weighted by molar-refractivity contribution is 5.92. The Labute approximate surface area is 125 Å². The minimum Gasteiger partial charge on any atom is -0.481 e. The number of carbonyl (C=O) groups excluding carboxylic acids is 1. The van der Waals surface area contributed by atoms with E-state index in [1.165, 1.54) is 0 Å². The number of hydrogen-bond donors (Lipinski definition) is 3. The third kappa shape index (κ3) is 6.90. The molecule has 0 fully saturated rings. The van der Waals surface area contributed by atoms with Crippen LogP contribution in [0.3, 0.4) is 0 Å². The molecule has 0 aliphatic heterocycles. The van der Waals surface area contributed by atoms with Crippen LogP contribution >= 0.6 is 0 Å². The van der Waals surface area contributed by atoms with E-state index in [-0.39, 0.29) is 11.8 Å². The number of carboxylic acids is 1. The van der Waals surface area contributed by atoms with Crippen molar-refractivity contribution < 1.29 is 14.7 Å². The van der Waals surface area contributed by atoms with Gasteiger partial charge in [-0.05, 0) is 42.5 Å². The van der Waals surface area contributed by atoms with Crippen LogP contribution in [0.15, 0.2) is 24.3 Å². The van der Waals surface area contributed by atoms with Crippen molar-refractivity contribution in [3.63, 3.8) is 0 Å². The molecule has 0 bridgehead atoms. The van der Waals surface area contributed by atoms with Crippen molar-refractivity contribution in [1.82, 2.24) is 5.32 Å². The maximum absolute atomic E-state index is 11.0. The summed E-state index contributed by atoms with van der Waals surface area (Å²) >= 11 is 0. The summed E-state index contributed by atoms with van der Waals surface area (Å²) in [6, 6.07) is 7.19. The molecule has 4 N–H and O–H groups in total. The quantitative estimate of drug-likeness (QED) is 0.608. The molecule has 116 valence electrons. The molecule has 0 unspecified atom stereocenters. The highest BCUT2D eigenvalue weighted by Crippen LogP contribution is 2.26. The van der Waals surface area contributed by atoms with Gasteiger partial charge in [-0.1, -0.05) is 26.0 Å². The molecule has 0 saturated heterocycles. The van der Waals surface area contributed by atoms with Gasteiger partial charge in [-0.15, -0.1) is 0 Å². The van der Waals surface area contributed by atoms with Crippen LogP contribution < -0.4 is 11.1 Å². The van der Waals surface area contributed by atoms with Gasteiger partial charge in [0, 0.05) is 18.5 Å². The minimum atomic E-state index is -0.745. The highest BCUT2D eigenvalue weighted by atomic mass is 16.4. The fourth-order valence-electron chi connectivity index (χ4n) is 2.02. The zero-order chi connectivity index (χ0) is 15.9. The number of benzene rings is 1. The second-order valence-electron chi connectivity index (χ2n) is 6.05. The fourth-order valence-corrected chi connectivity index (χ4v) is 2.02. The lowest BCUT2D eigenvalue weighted by atomic mass is 9.84. The van der Waals surface area contributed by atoms with Crippen LogP contribution in [0.2, 0.25) is 0 Å². The minimum absolute atomic E-state index is 0.0151. The van der Waals surface area contributed by atoms with Crippen molar-refractivity contribution in [2.45, 2.75) is 39.7 Å². The predicted molar refractivity (Wildman–Crippen MR) is 81.9 cm³/mol. The first-order chi connectivity index (χ1) is 9.80. The zero-order valence-electron chi connectivity index (χ0n) is 12.7. The normalized spacial score (nSPS) is 11.3. The van der Waals surface area contributed by atoms with Gasteiger partial charge >= 0.3 is 5.97 Å². The van der Waals surface area contributed by atoms with Crippen molar-refractivity contribution in [2.24, 2.45) is 11.1 Å². The first-order valence-corrected chi connectivity index (χ1v) is 7.11. The second-order valence-corrected chi connectivity index (χ2v) is 6.05. The summed E-state index contributed by atoms with van der Waals surface area (Å²) < 4.78 is 0. The molecule has 1 rings (SSSR count). The molecule has 0 radical (unpaired) electrons. The molecule has 1 aromatic rings. The third-order valence-electron chi connectivity index (χ3n) is 3.56. The number of nitrogens with two attached hydrogens (primary N) is 1. The zero-order valence-corrected chi connectivity index (χ0v) is 12.7. The van der Waals surface area contributed by atoms with E-state index in [1.54, 1.807) is 12.1 Å². The van der Waals surface area contributed by atoms with Gasteiger partial charge < -0.3 is 16.2 Å². The molecule has 1 amide bonds. The van der Waals surface area contributed by atoms with Crippen LogP contribution in [0.25, 0.3) is 0 Å². The van der Waals surface area contributed by atoms with Gasteiger partial charge in [0.25, 0.3) is 0 Å². The Morgan fingerprint density at radius 1 is 1.19 bits per heavy atom. The molecule has 0 spiro atoms. The van der Waals surface area contributed by atoms with Gasteiger partial charge in [0.05, 0.1) is 0 Å². The second kappa shape index (κ2) is 7.78. The Balaban J connectivity index is 2.30. The van der Waals surface area contributed by atoms with E-state index >= 15 is 0 Å². The van der Waals surface area contributed by atoms with Gasteiger partial charge in [0.2, 0.25) is 5.91 Å². The van der Waals surface area contributed by atoms with Gasteiger partial charge in [-0.2, -0.15) is 0 Å². The summed E-state index contributed by atoms with van der Waals surface area (Å²) in [6.07, 6.45) is 1.80. The number of rotatable bonds is 9. The van der Waals surface area contributed by atoms with E-state index in [2.05, 4.69) is 19.2 Å². The topological polar surface area (TPSA) is 92.4 Å². The standard InChI is InChI=1S/C16H24N2O3/c1-16(2,8-7-14(19)20)9-10-18-11-12-3-5-13(6-4-12)15(17)21/h3-6,18H,7-11H2,1-2H3,(H2,17,21)(H,19,20). The summed E-state index contributed by atoms with van der Waals surface area (Å²) in [5, 5.41) is 12.0. The van der Waals surface area contributed by atoms with Crippen molar-refractivity contribution in [3.8, 4) is 0 Å². The van der Waals surface area contributed by atoms with Crippen molar-refractivity contribution in [3.05, 3.63) is 35.4 Å². The lowest BCUT2D eigenvalue weighted by Crippen LogP contribution is -2.23. The van der Waals surface area contributed by atoms with E-state index in [0.717, 1.165) is 18.5 Å². The van der Waals surface area contributed by atoms with Gasteiger partial charge in [-0.25, -0.2) is 0 Å². The number of carboxylic acid groups (broad SMARTS) is 1. The summed E-state index contributed by atoms with van der Waals surface area (Å²) in [7, 11) is 0. The Morgan fingerprint density at radius 2 is 1.81 bits per heavy atom. The predicted octanol–water partition coefficient (Wildman–Crippen LogP) is 2.16. The molecule has 0 aliphatic carbocycles. The van der Waals surface area contributed by atoms with Gasteiger partial charge in [-0.3, -0.25) is 9.59 Å². The lowest BCUT2D eigenvalue weighted by molar-refractivity contribution is -0.137. The lowest BCUT2D eigenvalue weighted by Gasteiger charge is -2.23. The van der Waals surface area contributed by atoms with Crippen LogP contribution in [0.4, 0.5) is 0 Å². The number of primary amides is 1. The maximum atomic E-state index is 11.0. The Hall–Kier alpha value is -1.88. The molecular formula is C16H24N2O3. The molecular weight excluding hydrogens is 268 g/mol. The number of nitrogens with one attached hydrogen (secondary N) is 1. The van der Waals surface area contributed by atoms with Crippen molar-refractivity contribution in [2.75, 3.05) is 6.54 Å². The van der Waals surface area contributed by atoms with Crippen LogP contribution in [0.1, 0.15) is 49.0 Å². The largest absolute Gasteiger partial charge is 0.481 e. The first kappa shape index (κ1) is 17.2. The van der Waals surface area contributed by atoms with E-state index in [4.69, 9.17) is 10.8 Å². The maximum Gasteiger partial charge on any atom is 0.303 e. The van der Waals surface area contributed by atoms with Crippen LogP contribution in [0, 0.1) is 5.41 Å². The molecule has 0 heterocycles. The Morgan fingerprint density at radius 3 is 2.33 bits per heavy atom. The molecule has 5 nitrogen and oxygen atoms in total. The molecule has 0 aliphatic rings. The Bertz CT molecular complexity index is 481. The number of amides is 1. The smallest absolute Gasteiger partial charge is 0.303 e. The van der Waals surface area contributed by atoms with E-state index in [9.17, 15) is 9.59 Å². The number of carbonyl (C=O) groups is 2. The molecule has 0 atom stereocenters. The average Bonchev–Trinajstić information content (AvgIpc) is 2.42. The van der Waals surface area contributed by atoms with E-state index in [0.29, 0.717) is 18.5 Å². The van der Waals surface area contributed by atoms with Gasteiger partial charge in [0.1, 0.15) is 0 Å². The average molecular weight is 292 g/mol. The van der Waals surface area contributed by atoms with E-state index in [1.807, 2.05) is 12.1 Å². The Kier molecular flexibility index (Phi) is 6.37. The monoisotopic (exact) mass is 292 g/mol. The summed E-state index contributed by atoms with van der Waals surface area (Å²) in [5.41, 5.74) is 6.80. The van der Waals surface area contributed by atoms with Gasteiger partial charge in [0.15, 0.2) is 0 Å². The third-order valence-corrected chi connectivity index (χ3v) is 3.56. The number of hydrogen-bond acceptors (Lipinski definition) is 3. The summed E-state index contributed by atoms with van der Waals surface area (Å²) in [5.74, 6) is -1.17. The molecule has 21 heavy (non-hydrogen) atoms. The molecule has 1 aromatic carbocycles.